The van der Waals surface area contributed by atoms with Gasteiger partial charge in [0.15, 0.2) is 5.65 Å². The van der Waals surface area contributed by atoms with E-state index in [0.29, 0.717) is 18.8 Å². The second-order valence-corrected chi connectivity index (χ2v) is 6.76. The molecule has 0 aromatic carbocycles. The lowest BCUT2D eigenvalue weighted by atomic mass is 10.1. The molecule has 2 aliphatic heterocycles. The van der Waals surface area contributed by atoms with Gasteiger partial charge in [0.1, 0.15) is 5.56 Å². The molecule has 0 unspecified atom stereocenters. The number of H-pyrrole nitrogens is 1. The van der Waals surface area contributed by atoms with E-state index in [-0.39, 0.29) is 37.1 Å². The van der Waals surface area contributed by atoms with E-state index in [1.807, 2.05) is 6.92 Å². The fraction of sp³-hybridized carbons (Fsp3) is 0.471. The minimum absolute atomic E-state index is 0.00431. The summed E-state index contributed by atoms with van der Waals surface area (Å²) in [5, 5.41) is 9.77. The van der Waals surface area contributed by atoms with Crippen molar-refractivity contribution in [2.75, 3.05) is 33.4 Å². The van der Waals surface area contributed by atoms with Crippen LogP contribution in [-0.4, -0.2) is 87.2 Å². The molecule has 2 aromatic heterocycles. The zero-order valence-electron chi connectivity index (χ0n) is 15.5. The molecule has 2 fully saturated rings. The van der Waals surface area contributed by atoms with Crippen LogP contribution in [0.15, 0.2) is 17.1 Å². The zero-order chi connectivity index (χ0) is 20.4. The summed E-state index contributed by atoms with van der Waals surface area (Å²) >= 11 is 0. The first kappa shape index (κ1) is 19.5. The van der Waals surface area contributed by atoms with Gasteiger partial charge < -0.3 is 19.6 Å². The highest BCUT2D eigenvalue weighted by Crippen LogP contribution is 2.20. The predicted octanol–water partition coefficient (Wildman–Crippen LogP) is -1.04. The SMILES string of the molecule is Cc1cc2ncc(C(=O)N3C[C@@H]4COC[C@H](C3)N(C)C4=O)c(=O)n2[nH]1.O=CO. The van der Waals surface area contributed by atoms with E-state index < -0.39 is 17.4 Å². The third kappa shape index (κ3) is 3.48. The molecule has 2 N–H and O–H groups in total. The highest BCUT2D eigenvalue weighted by atomic mass is 16.5. The minimum Gasteiger partial charge on any atom is -0.483 e. The average Bonchev–Trinajstić information content (AvgIpc) is 2.91. The molecule has 0 spiro atoms. The Morgan fingerprint density at radius 2 is 2.07 bits per heavy atom. The molecule has 150 valence electrons. The van der Waals surface area contributed by atoms with Crippen molar-refractivity contribution in [3.63, 3.8) is 0 Å². The molecule has 0 saturated carbocycles. The second kappa shape index (κ2) is 7.80. The van der Waals surface area contributed by atoms with Gasteiger partial charge in [0, 0.05) is 38.1 Å². The maximum atomic E-state index is 13.0. The highest BCUT2D eigenvalue weighted by molar-refractivity contribution is 5.94. The van der Waals surface area contributed by atoms with Crippen LogP contribution in [0.3, 0.4) is 0 Å². The third-order valence-electron chi connectivity index (χ3n) is 4.89. The van der Waals surface area contributed by atoms with Crippen molar-refractivity contribution in [3.05, 3.63) is 33.9 Å². The molecule has 11 nitrogen and oxygen atoms in total. The van der Waals surface area contributed by atoms with Crippen LogP contribution in [0.4, 0.5) is 0 Å². The van der Waals surface area contributed by atoms with E-state index in [9.17, 15) is 14.4 Å². The van der Waals surface area contributed by atoms with E-state index in [4.69, 9.17) is 14.6 Å². The number of amides is 2. The Morgan fingerprint density at radius 3 is 2.79 bits per heavy atom. The van der Waals surface area contributed by atoms with Gasteiger partial charge in [0.05, 0.1) is 25.2 Å². The number of carbonyl (C=O) groups excluding carboxylic acids is 2. The van der Waals surface area contributed by atoms with E-state index >= 15 is 0 Å². The lowest BCUT2D eigenvalue weighted by Crippen LogP contribution is -2.46. The van der Waals surface area contributed by atoms with E-state index in [0.717, 1.165) is 5.69 Å². The monoisotopic (exact) mass is 391 g/mol. The third-order valence-corrected chi connectivity index (χ3v) is 4.89. The Balaban J connectivity index is 0.000000706. The maximum absolute atomic E-state index is 13.0. The number of aromatic amines is 1. The zero-order valence-corrected chi connectivity index (χ0v) is 15.5. The normalized spacial score (nSPS) is 21.7. The summed E-state index contributed by atoms with van der Waals surface area (Å²) in [5.41, 5.74) is 0.807. The van der Waals surface area contributed by atoms with Crippen molar-refractivity contribution < 1.29 is 24.2 Å². The number of nitrogens with zero attached hydrogens (tertiary/aromatic N) is 4. The molecule has 0 aliphatic carbocycles. The summed E-state index contributed by atoms with van der Waals surface area (Å²) < 4.78 is 6.80. The topological polar surface area (TPSA) is 137 Å². The number of carboxylic acid groups (broad SMARTS) is 1. The molecule has 28 heavy (non-hydrogen) atoms. The molecule has 2 bridgehead atoms. The minimum atomic E-state index is -0.437. The summed E-state index contributed by atoms with van der Waals surface area (Å²) in [6.45, 7) is 2.81. The predicted molar refractivity (Wildman–Crippen MR) is 96.0 cm³/mol. The Hall–Kier alpha value is -3.21. The number of nitrogens with one attached hydrogen (secondary N) is 1. The van der Waals surface area contributed by atoms with Gasteiger partial charge in [-0.1, -0.05) is 0 Å². The number of rotatable bonds is 1. The molecule has 4 heterocycles. The van der Waals surface area contributed by atoms with Gasteiger partial charge in [-0.25, -0.2) is 9.50 Å². The summed E-state index contributed by atoms with van der Waals surface area (Å²) in [5.74, 6) is -0.837. The van der Waals surface area contributed by atoms with Crippen LogP contribution in [0.25, 0.3) is 5.65 Å². The number of ether oxygens (including phenoxy) is 1. The van der Waals surface area contributed by atoms with Crippen LogP contribution in [0.1, 0.15) is 16.1 Å². The molecule has 2 amide bonds. The first-order chi connectivity index (χ1) is 13.4. The number of aryl methyl sites for hydroxylation is 1. The maximum Gasteiger partial charge on any atom is 0.290 e. The lowest BCUT2D eigenvalue weighted by molar-refractivity contribution is -0.134. The molecule has 0 radical (unpaired) electrons. The lowest BCUT2D eigenvalue weighted by Gasteiger charge is -2.29. The van der Waals surface area contributed by atoms with E-state index in [1.54, 1.807) is 22.9 Å². The first-order valence-corrected chi connectivity index (χ1v) is 8.66. The molecule has 4 rings (SSSR count). The number of hydrogen-bond donors (Lipinski definition) is 2. The molecule has 11 heteroatoms. The smallest absolute Gasteiger partial charge is 0.290 e. The van der Waals surface area contributed by atoms with Gasteiger partial charge in [0.2, 0.25) is 5.91 Å². The Kier molecular flexibility index (Phi) is 5.45. The van der Waals surface area contributed by atoms with Crippen molar-refractivity contribution >= 4 is 23.9 Å². The number of likely N-dealkylation sites (N-methyl/N-ethyl adjacent to an activating group) is 1. The van der Waals surface area contributed by atoms with Crippen LogP contribution in [-0.2, 0) is 14.3 Å². The number of hydrogen-bond acceptors (Lipinski definition) is 6. The molecular weight excluding hydrogens is 370 g/mol. The fourth-order valence-corrected chi connectivity index (χ4v) is 3.46. The Bertz CT molecular complexity index is 967. The summed E-state index contributed by atoms with van der Waals surface area (Å²) in [7, 11) is 1.73. The van der Waals surface area contributed by atoms with Gasteiger partial charge in [-0.15, -0.1) is 0 Å². The number of aromatic nitrogens is 3. The molecule has 2 atom stereocenters. The second-order valence-electron chi connectivity index (χ2n) is 6.76. The van der Waals surface area contributed by atoms with Crippen molar-refractivity contribution in [2.45, 2.75) is 13.0 Å². The highest BCUT2D eigenvalue weighted by Gasteiger charge is 2.39. The van der Waals surface area contributed by atoms with Crippen molar-refractivity contribution in [1.29, 1.82) is 0 Å². The largest absolute Gasteiger partial charge is 0.483 e. The molecule has 2 aromatic rings. The van der Waals surface area contributed by atoms with Crippen molar-refractivity contribution in [1.82, 2.24) is 24.4 Å². The van der Waals surface area contributed by atoms with Crippen LogP contribution >= 0.6 is 0 Å². The van der Waals surface area contributed by atoms with Crippen molar-refractivity contribution in [2.24, 2.45) is 5.92 Å². The van der Waals surface area contributed by atoms with Gasteiger partial charge in [-0.3, -0.25) is 24.3 Å². The van der Waals surface area contributed by atoms with E-state index in [2.05, 4.69) is 10.1 Å². The standard InChI is InChI=1S/C16H19N5O4.CH2O2/c1-9-3-13-17-4-12(16(24)21(13)18-9)15(23)20-5-10-7-25-8-11(6-20)19(2)14(10)22;2-1-3/h3-4,10-11,18H,5-8H2,1-2H3;1H,(H,2,3)/t10-,11+;/m1./s1. The Morgan fingerprint density at radius 1 is 1.36 bits per heavy atom. The molecule has 2 saturated heterocycles. The molecule has 2 aliphatic rings. The summed E-state index contributed by atoms with van der Waals surface area (Å²) in [4.78, 5) is 53.7. The summed E-state index contributed by atoms with van der Waals surface area (Å²) in [6.07, 6.45) is 1.32. The van der Waals surface area contributed by atoms with Crippen LogP contribution in [0.5, 0.6) is 0 Å². The van der Waals surface area contributed by atoms with Crippen LogP contribution in [0.2, 0.25) is 0 Å². The quantitative estimate of drug-likeness (QED) is 0.592. The van der Waals surface area contributed by atoms with Gasteiger partial charge in [-0.2, -0.15) is 0 Å². The first-order valence-electron chi connectivity index (χ1n) is 8.66. The Labute approximate surface area is 159 Å². The number of carbonyl (C=O) groups is 3. The molecular formula is C17H21N5O6. The van der Waals surface area contributed by atoms with Gasteiger partial charge in [0.25, 0.3) is 17.9 Å². The van der Waals surface area contributed by atoms with Crippen molar-refractivity contribution in [3.8, 4) is 0 Å². The van der Waals surface area contributed by atoms with Gasteiger partial charge in [-0.05, 0) is 6.92 Å². The average molecular weight is 391 g/mol. The van der Waals surface area contributed by atoms with Gasteiger partial charge >= 0.3 is 0 Å². The fourth-order valence-electron chi connectivity index (χ4n) is 3.46. The number of fused-ring (bicyclic) bond motifs is 4. The van der Waals surface area contributed by atoms with Crippen LogP contribution in [0, 0.1) is 12.8 Å². The van der Waals surface area contributed by atoms with Crippen LogP contribution < -0.4 is 5.56 Å². The van der Waals surface area contributed by atoms with E-state index in [1.165, 1.54) is 10.7 Å². The summed E-state index contributed by atoms with van der Waals surface area (Å²) in [6, 6.07) is 1.52.